The summed E-state index contributed by atoms with van der Waals surface area (Å²) >= 11 is 0. The molecule has 0 atom stereocenters. The molecule has 0 bridgehead atoms. The molecule has 1 aromatic heterocycles. The number of hydrogen-bond donors (Lipinski definition) is 1. The Morgan fingerprint density at radius 3 is 2.94 bits per heavy atom. The third-order valence-electron chi connectivity index (χ3n) is 2.48. The van der Waals surface area contributed by atoms with Crippen LogP contribution in [0.2, 0.25) is 0 Å². The summed E-state index contributed by atoms with van der Waals surface area (Å²) < 4.78 is 10.5. The van der Waals surface area contributed by atoms with Gasteiger partial charge in [-0.2, -0.15) is 0 Å². The fourth-order valence-corrected chi connectivity index (χ4v) is 1.65. The van der Waals surface area contributed by atoms with E-state index in [0.717, 1.165) is 10.9 Å². The molecule has 2 rings (SSSR count). The van der Waals surface area contributed by atoms with Crippen molar-refractivity contribution in [2.24, 2.45) is 5.73 Å². The molecule has 4 nitrogen and oxygen atoms in total. The van der Waals surface area contributed by atoms with Gasteiger partial charge in [-0.25, -0.2) is 4.79 Å². The monoisotopic (exact) mass is 233 g/mol. The standard InChI is InChI=1S/C13H15NO3/c1-9-2-3-12-10(6-9)7-11(13(15)17-12)8-16-5-4-14/h2-3,6-7H,4-5,8,14H2,1H3. The Hall–Kier alpha value is -1.65. The summed E-state index contributed by atoms with van der Waals surface area (Å²) in [6.45, 7) is 3.11. The van der Waals surface area contributed by atoms with E-state index in [1.807, 2.05) is 25.1 Å². The highest BCUT2D eigenvalue weighted by Crippen LogP contribution is 2.15. The predicted molar refractivity (Wildman–Crippen MR) is 65.9 cm³/mol. The van der Waals surface area contributed by atoms with Crippen molar-refractivity contribution in [3.05, 3.63) is 45.8 Å². The molecule has 0 aliphatic carbocycles. The Bertz CT molecular complexity index is 574. The van der Waals surface area contributed by atoms with Crippen LogP contribution < -0.4 is 11.4 Å². The molecule has 4 heteroatoms. The quantitative estimate of drug-likeness (QED) is 0.643. The van der Waals surface area contributed by atoms with E-state index >= 15 is 0 Å². The van der Waals surface area contributed by atoms with Crippen molar-refractivity contribution in [3.8, 4) is 0 Å². The van der Waals surface area contributed by atoms with Crippen molar-refractivity contribution in [2.45, 2.75) is 13.5 Å². The molecule has 0 saturated heterocycles. The summed E-state index contributed by atoms with van der Waals surface area (Å²) in [6.07, 6.45) is 0. The van der Waals surface area contributed by atoms with E-state index in [2.05, 4.69) is 0 Å². The first-order valence-corrected chi connectivity index (χ1v) is 5.52. The number of nitrogens with two attached hydrogens (primary N) is 1. The summed E-state index contributed by atoms with van der Waals surface area (Å²) in [5.41, 5.74) is 7.22. The van der Waals surface area contributed by atoms with Crippen LogP contribution in [0.3, 0.4) is 0 Å². The predicted octanol–water partition coefficient (Wildman–Crippen LogP) is 1.58. The van der Waals surface area contributed by atoms with Gasteiger partial charge in [0.05, 0.1) is 18.8 Å². The lowest BCUT2D eigenvalue weighted by atomic mass is 10.1. The van der Waals surface area contributed by atoms with Crippen LogP contribution in [0.1, 0.15) is 11.1 Å². The Morgan fingerprint density at radius 2 is 2.18 bits per heavy atom. The topological polar surface area (TPSA) is 65.5 Å². The number of fused-ring (bicyclic) bond motifs is 1. The molecule has 1 heterocycles. The third kappa shape index (κ3) is 2.72. The van der Waals surface area contributed by atoms with Gasteiger partial charge in [0, 0.05) is 11.9 Å². The molecule has 0 saturated carbocycles. The maximum atomic E-state index is 11.6. The van der Waals surface area contributed by atoms with E-state index < -0.39 is 0 Å². The highest BCUT2D eigenvalue weighted by Gasteiger charge is 2.05. The second-order valence-electron chi connectivity index (χ2n) is 3.94. The third-order valence-corrected chi connectivity index (χ3v) is 2.48. The van der Waals surface area contributed by atoms with E-state index in [4.69, 9.17) is 14.9 Å². The van der Waals surface area contributed by atoms with Crippen LogP contribution in [0.5, 0.6) is 0 Å². The summed E-state index contributed by atoms with van der Waals surface area (Å²) in [6, 6.07) is 7.50. The fourth-order valence-electron chi connectivity index (χ4n) is 1.65. The lowest BCUT2D eigenvalue weighted by Crippen LogP contribution is -2.12. The number of ether oxygens (including phenoxy) is 1. The Labute approximate surface area is 99.0 Å². The molecule has 0 fully saturated rings. The molecule has 17 heavy (non-hydrogen) atoms. The Morgan fingerprint density at radius 1 is 1.35 bits per heavy atom. The SMILES string of the molecule is Cc1ccc2oc(=O)c(COCCN)cc2c1. The molecular weight excluding hydrogens is 218 g/mol. The maximum absolute atomic E-state index is 11.6. The smallest absolute Gasteiger partial charge is 0.341 e. The van der Waals surface area contributed by atoms with Gasteiger partial charge >= 0.3 is 5.63 Å². The Kier molecular flexibility index (Phi) is 3.56. The van der Waals surface area contributed by atoms with Crippen LogP contribution in [0.25, 0.3) is 11.0 Å². The molecule has 0 aliphatic heterocycles. The van der Waals surface area contributed by atoms with Gasteiger partial charge < -0.3 is 14.9 Å². The van der Waals surface area contributed by atoms with Crippen LogP contribution in [-0.2, 0) is 11.3 Å². The molecule has 0 amide bonds. The van der Waals surface area contributed by atoms with Crippen LogP contribution in [0, 0.1) is 6.92 Å². The highest BCUT2D eigenvalue weighted by molar-refractivity contribution is 5.77. The second kappa shape index (κ2) is 5.12. The average molecular weight is 233 g/mol. The lowest BCUT2D eigenvalue weighted by molar-refractivity contribution is 0.126. The second-order valence-corrected chi connectivity index (χ2v) is 3.94. The zero-order chi connectivity index (χ0) is 12.3. The molecule has 0 spiro atoms. The first kappa shape index (κ1) is 11.8. The zero-order valence-electron chi connectivity index (χ0n) is 9.73. The van der Waals surface area contributed by atoms with Crippen molar-refractivity contribution in [1.82, 2.24) is 0 Å². The molecule has 0 radical (unpaired) electrons. The average Bonchev–Trinajstić information content (AvgIpc) is 2.31. The minimum absolute atomic E-state index is 0.239. The molecule has 2 N–H and O–H groups in total. The molecule has 0 aliphatic rings. The van der Waals surface area contributed by atoms with Crippen molar-refractivity contribution >= 4 is 11.0 Å². The normalized spacial score (nSPS) is 10.9. The van der Waals surface area contributed by atoms with Gasteiger partial charge in [0.25, 0.3) is 0 Å². The lowest BCUT2D eigenvalue weighted by Gasteiger charge is -2.03. The summed E-state index contributed by atoms with van der Waals surface area (Å²) in [5.74, 6) is 0. The first-order valence-electron chi connectivity index (χ1n) is 5.52. The van der Waals surface area contributed by atoms with E-state index in [1.54, 1.807) is 6.07 Å². The molecule has 0 unspecified atom stereocenters. The number of rotatable bonds is 4. The van der Waals surface area contributed by atoms with E-state index in [-0.39, 0.29) is 12.2 Å². The van der Waals surface area contributed by atoms with Gasteiger partial charge in [-0.1, -0.05) is 11.6 Å². The van der Waals surface area contributed by atoms with Gasteiger partial charge in [-0.05, 0) is 25.1 Å². The zero-order valence-corrected chi connectivity index (χ0v) is 9.73. The minimum atomic E-state index is -0.349. The van der Waals surface area contributed by atoms with E-state index in [0.29, 0.717) is 24.3 Å². The van der Waals surface area contributed by atoms with Crippen LogP contribution in [0.15, 0.2) is 33.5 Å². The molecular formula is C13H15NO3. The largest absolute Gasteiger partial charge is 0.422 e. The van der Waals surface area contributed by atoms with Crippen molar-refractivity contribution in [1.29, 1.82) is 0 Å². The highest BCUT2D eigenvalue weighted by atomic mass is 16.5. The van der Waals surface area contributed by atoms with Crippen LogP contribution in [0.4, 0.5) is 0 Å². The van der Waals surface area contributed by atoms with Gasteiger partial charge in [-0.15, -0.1) is 0 Å². The first-order chi connectivity index (χ1) is 8.20. The van der Waals surface area contributed by atoms with Crippen molar-refractivity contribution in [3.63, 3.8) is 0 Å². The van der Waals surface area contributed by atoms with Gasteiger partial charge in [-0.3, -0.25) is 0 Å². The molecule has 1 aromatic carbocycles. The van der Waals surface area contributed by atoms with E-state index in [9.17, 15) is 4.79 Å². The minimum Gasteiger partial charge on any atom is -0.422 e. The Balaban J connectivity index is 2.36. The summed E-state index contributed by atoms with van der Waals surface area (Å²) in [5, 5.41) is 0.913. The van der Waals surface area contributed by atoms with Crippen molar-refractivity contribution < 1.29 is 9.15 Å². The van der Waals surface area contributed by atoms with Crippen LogP contribution in [-0.4, -0.2) is 13.2 Å². The van der Waals surface area contributed by atoms with E-state index in [1.165, 1.54) is 0 Å². The molecule has 2 aromatic rings. The number of aryl methyl sites for hydroxylation is 1. The number of benzene rings is 1. The fraction of sp³-hybridized carbons (Fsp3) is 0.308. The number of hydrogen-bond acceptors (Lipinski definition) is 4. The van der Waals surface area contributed by atoms with Gasteiger partial charge in [0.15, 0.2) is 0 Å². The maximum Gasteiger partial charge on any atom is 0.341 e. The summed E-state index contributed by atoms with van der Waals surface area (Å²) in [7, 11) is 0. The molecule has 90 valence electrons. The van der Waals surface area contributed by atoms with Gasteiger partial charge in [0.2, 0.25) is 0 Å². The summed E-state index contributed by atoms with van der Waals surface area (Å²) in [4.78, 5) is 11.6. The van der Waals surface area contributed by atoms with Gasteiger partial charge in [0.1, 0.15) is 5.58 Å². The van der Waals surface area contributed by atoms with Crippen molar-refractivity contribution in [2.75, 3.05) is 13.2 Å². The van der Waals surface area contributed by atoms with Crippen LogP contribution >= 0.6 is 0 Å².